The molecular weight excluding hydrogens is 384 g/mol. The highest BCUT2D eigenvalue weighted by molar-refractivity contribution is 6.30. The summed E-state index contributed by atoms with van der Waals surface area (Å²) in [6, 6.07) is 11.7. The Morgan fingerprint density at radius 3 is 2.62 bits per heavy atom. The van der Waals surface area contributed by atoms with Crippen molar-refractivity contribution >= 4 is 23.0 Å². The third-order valence-corrected chi connectivity index (χ3v) is 7.46. The van der Waals surface area contributed by atoms with E-state index < -0.39 is 0 Å². The summed E-state index contributed by atoms with van der Waals surface area (Å²) >= 11 is 6.58. The first-order chi connectivity index (χ1) is 14.1. The minimum Gasteiger partial charge on any atom is -0.363 e. The molecule has 0 aromatic heterocycles. The number of benzene rings is 2. The van der Waals surface area contributed by atoms with Crippen LogP contribution in [0.25, 0.3) is 0 Å². The lowest BCUT2D eigenvalue weighted by atomic mass is 9.70. The molecule has 146 valence electrons. The molecule has 0 bridgehead atoms. The van der Waals surface area contributed by atoms with E-state index in [0.717, 1.165) is 30.0 Å². The maximum atomic E-state index is 11.4. The second-order valence-corrected chi connectivity index (χ2v) is 9.12. The van der Waals surface area contributed by atoms with Gasteiger partial charge in [-0.3, -0.25) is 10.1 Å². The van der Waals surface area contributed by atoms with Gasteiger partial charge in [0.25, 0.3) is 5.69 Å². The Hall–Kier alpha value is -2.59. The van der Waals surface area contributed by atoms with Crippen molar-refractivity contribution in [3.05, 3.63) is 92.5 Å². The van der Waals surface area contributed by atoms with E-state index in [2.05, 4.69) is 47.4 Å². The van der Waals surface area contributed by atoms with Gasteiger partial charge < -0.3 is 4.90 Å². The van der Waals surface area contributed by atoms with E-state index in [9.17, 15) is 10.1 Å². The summed E-state index contributed by atoms with van der Waals surface area (Å²) in [6.07, 6.45) is 11.3. The number of fused-ring (bicyclic) bond motifs is 4. The van der Waals surface area contributed by atoms with Crippen LogP contribution < -0.4 is 4.90 Å². The number of hydrogen-bond donors (Lipinski definition) is 0. The number of halogens is 1. The molecule has 2 aliphatic carbocycles. The van der Waals surface area contributed by atoms with Gasteiger partial charge in [0, 0.05) is 41.2 Å². The van der Waals surface area contributed by atoms with Gasteiger partial charge in [-0.2, -0.15) is 0 Å². The number of non-ortho nitro benzene ring substituents is 1. The van der Waals surface area contributed by atoms with Crippen LogP contribution >= 0.6 is 11.6 Å². The van der Waals surface area contributed by atoms with Crippen LogP contribution in [-0.4, -0.2) is 11.5 Å². The van der Waals surface area contributed by atoms with Gasteiger partial charge in [0.1, 0.15) is 0 Å². The van der Waals surface area contributed by atoms with Crippen LogP contribution in [-0.2, 0) is 0 Å². The minimum absolute atomic E-state index is 0.142. The van der Waals surface area contributed by atoms with E-state index in [1.54, 1.807) is 12.1 Å². The highest BCUT2D eigenvalue weighted by Gasteiger charge is 2.47. The van der Waals surface area contributed by atoms with Crippen molar-refractivity contribution in [3.8, 4) is 0 Å². The van der Waals surface area contributed by atoms with Crippen molar-refractivity contribution in [2.45, 2.75) is 30.7 Å². The fourth-order valence-corrected chi connectivity index (χ4v) is 6.37. The second kappa shape index (κ2) is 6.20. The molecule has 4 nitrogen and oxygen atoms in total. The van der Waals surface area contributed by atoms with E-state index in [4.69, 9.17) is 11.6 Å². The van der Waals surface area contributed by atoms with Gasteiger partial charge in [-0.05, 0) is 53.5 Å². The molecule has 2 aromatic rings. The first-order valence-electron chi connectivity index (χ1n) is 10.3. The van der Waals surface area contributed by atoms with E-state index in [1.807, 2.05) is 6.07 Å². The van der Waals surface area contributed by atoms with Gasteiger partial charge in [-0.15, -0.1) is 0 Å². The zero-order chi connectivity index (χ0) is 19.7. The van der Waals surface area contributed by atoms with Crippen molar-refractivity contribution < 1.29 is 4.92 Å². The fraction of sp³-hybridized carbons (Fsp3) is 0.333. The largest absolute Gasteiger partial charge is 0.363 e. The SMILES string of the molecule is O=[N+]([O-])c1cccc([C@@H]2[C@@H]3CC=C[C@@H]3c3cc(Cl)cc4c3N2C[C@H]2CC=C[C@H]42)c1. The summed E-state index contributed by atoms with van der Waals surface area (Å²) in [5.74, 6) is 1.65. The Morgan fingerprint density at radius 2 is 1.79 bits per heavy atom. The Labute approximate surface area is 174 Å². The number of nitro groups is 1. The van der Waals surface area contributed by atoms with Crippen molar-refractivity contribution in [1.29, 1.82) is 0 Å². The minimum atomic E-state index is -0.289. The number of rotatable bonds is 2. The number of nitro benzene ring substituents is 1. The number of nitrogens with zero attached hydrogens (tertiary/aromatic N) is 2. The molecule has 0 unspecified atom stereocenters. The Balaban J connectivity index is 1.57. The van der Waals surface area contributed by atoms with E-state index in [1.165, 1.54) is 16.8 Å². The molecule has 0 saturated carbocycles. The van der Waals surface area contributed by atoms with Crippen molar-refractivity contribution in [2.75, 3.05) is 11.4 Å². The molecule has 0 fully saturated rings. The van der Waals surface area contributed by atoms with Gasteiger partial charge in [-0.25, -0.2) is 0 Å². The van der Waals surface area contributed by atoms with Crippen LogP contribution in [0.2, 0.25) is 5.02 Å². The average Bonchev–Trinajstić information content (AvgIpc) is 3.37. The molecule has 0 radical (unpaired) electrons. The fourth-order valence-electron chi connectivity index (χ4n) is 6.14. The molecule has 5 heteroatoms. The summed E-state index contributed by atoms with van der Waals surface area (Å²) in [6.45, 7) is 0.982. The second-order valence-electron chi connectivity index (χ2n) is 8.69. The quantitative estimate of drug-likeness (QED) is 0.343. The summed E-state index contributed by atoms with van der Waals surface area (Å²) in [5.41, 5.74) is 5.18. The summed E-state index contributed by atoms with van der Waals surface area (Å²) in [7, 11) is 0. The molecule has 0 spiro atoms. The van der Waals surface area contributed by atoms with Gasteiger partial charge in [0.2, 0.25) is 0 Å². The lowest BCUT2D eigenvalue weighted by Gasteiger charge is -2.51. The lowest BCUT2D eigenvalue weighted by Crippen LogP contribution is -2.46. The normalized spacial score (nSPS) is 30.8. The first-order valence-corrected chi connectivity index (χ1v) is 10.7. The molecular formula is C24H21ClN2O2. The standard InChI is InChI=1S/C24H21ClN2O2/c25-16-11-21-18-7-2-5-15(18)13-26-23(14-4-1-6-17(10-14)27(28)29)20-9-3-8-19(20)22(12-16)24(21)26/h1-4,6-8,10-12,15,18-20,23H,5,9,13H2/t15-,18+,19+,20-,23-/m1/s1. The van der Waals surface area contributed by atoms with Crippen molar-refractivity contribution in [3.63, 3.8) is 0 Å². The van der Waals surface area contributed by atoms with Crippen molar-refractivity contribution in [1.82, 2.24) is 0 Å². The van der Waals surface area contributed by atoms with Gasteiger partial charge in [-0.1, -0.05) is 48.0 Å². The van der Waals surface area contributed by atoms with E-state index >= 15 is 0 Å². The highest BCUT2D eigenvalue weighted by Crippen LogP contribution is 2.59. The van der Waals surface area contributed by atoms with Crippen LogP contribution in [0.4, 0.5) is 11.4 Å². The summed E-state index contributed by atoms with van der Waals surface area (Å²) in [5, 5.41) is 12.2. The highest BCUT2D eigenvalue weighted by atomic mass is 35.5. The lowest BCUT2D eigenvalue weighted by molar-refractivity contribution is -0.384. The van der Waals surface area contributed by atoms with Crippen molar-refractivity contribution in [2.24, 2.45) is 11.8 Å². The topological polar surface area (TPSA) is 46.4 Å². The third kappa shape index (κ3) is 2.45. The molecule has 5 atom stereocenters. The number of hydrogen-bond acceptors (Lipinski definition) is 3. The maximum absolute atomic E-state index is 11.4. The maximum Gasteiger partial charge on any atom is 0.269 e. The molecule has 0 N–H and O–H groups in total. The average molecular weight is 405 g/mol. The molecule has 4 aliphatic rings. The van der Waals surface area contributed by atoms with Gasteiger partial charge >= 0.3 is 0 Å². The molecule has 6 rings (SSSR count). The first kappa shape index (κ1) is 17.3. The zero-order valence-electron chi connectivity index (χ0n) is 15.9. The van der Waals surface area contributed by atoms with Crippen LogP contribution in [0.5, 0.6) is 0 Å². The van der Waals surface area contributed by atoms with Crippen LogP contribution in [0.1, 0.15) is 47.4 Å². The summed E-state index contributed by atoms with van der Waals surface area (Å²) < 4.78 is 0. The summed E-state index contributed by atoms with van der Waals surface area (Å²) in [4.78, 5) is 13.7. The number of anilines is 1. The Morgan fingerprint density at radius 1 is 1.03 bits per heavy atom. The van der Waals surface area contributed by atoms with Crippen LogP contribution in [0.3, 0.4) is 0 Å². The van der Waals surface area contributed by atoms with Gasteiger partial charge in [0.15, 0.2) is 0 Å². The van der Waals surface area contributed by atoms with E-state index in [-0.39, 0.29) is 16.7 Å². The molecule has 2 heterocycles. The predicted octanol–water partition coefficient (Wildman–Crippen LogP) is 6.14. The smallest absolute Gasteiger partial charge is 0.269 e. The molecule has 2 aromatic carbocycles. The zero-order valence-corrected chi connectivity index (χ0v) is 16.6. The molecule has 29 heavy (non-hydrogen) atoms. The predicted molar refractivity (Wildman–Crippen MR) is 115 cm³/mol. The van der Waals surface area contributed by atoms with E-state index in [0.29, 0.717) is 23.7 Å². The molecule has 0 amide bonds. The Kier molecular flexibility index (Phi) is 3.70. The van der Waals surface area contributed by atoms with Gasteiger partial charge in [0.05, 0.1) is 11.0 Å². The van der Waals surface area contributed by atoms with Crippen LogP contribution in [0, 0.1) is 22.0 Å². The molecule has 0 saturated heterocycles. The molecule has 2 aliphatic heterocycles. The number of allylic oxidation sites excluding steroid dienone is 4. The monoisotopic (exact) mass is 404 g/mol. The van der Waals surface area contributed by atoms with Crippen LogP contribution in [0.15, 0.2) is 60.7 Å². The Bertz CT molecular complexity index is 1080. The third-order valence-electron chi connectivity index (χ3n) is 7.24.